The maximum Gasteiger partial charge on any atom is 0.238 e. The number of rotatable bonds is 4. The summed E-state index contributed by atoms with van der Waals surface area (Å²) >= 11 is 5.63. The Morgan fingerprint density at radius 1 is 1.35 bits per heavy atom. The maximum atomic E-state index is 13.2. The number of benzene rings is 1. The van der Waals surface area contributed by atoms with Crippen LogP contribution in [0.3, 0.4) is 0 Å². The average molecular weight is 362 g/mol. The highest BCUT2D eigenvalue weighted by atomic mass is 35.5. The molecule has 128 valence electrons. The van der Waals surface area contributed by atoms with Gasteiger partial charge in [-0.25, -0.2) is 12.8 Å². The summed E-state index contributed by atoms with van der Waals surface area (Å²) in [7, 11) is -2.19. The van der Waals surface area contributed by atoms with Crippen LogP contribution in [0.2, 0.25) is 5.02 Å². The van der Waals surface area contributed by atoms with Crippen molar-refractivity contribution < 1.29 is 17.6 Å². The molecule has 1 aromatic carbocycles. The molecule has 0 N–H and O–H groups in total. The van der Waals surface area contributed by atoms with Crippen LogP contribution in [0.25, 0.3) is 0 Å². The first kappa shape index (κ1) is 18.2. The lowest BCUT2D eigenvalue weighted by Crippen LogP contribution is -2.44. The molecule has 1 aromatic rings. The van der Waals surface area contributed by atoms with Crippen LogP contribution in [0, 0.1) is 11.7 Å². The predicted molar refractivity (Wildman–Crippen MR) is 87.7 cm³/mol. The second kappa shape index (κ2) is 7.18. The van der Waals surface area contributed by atoms with Crippen LogP contribution in [-0.4, -0.2) is 38.1 Å². The third-order valence-electron chi connectivity index (χ3n) is 4.52. The molecule has 2 rings (SSSR count). The molecule has 0 aromatic heterocycles. The van der Waals surface area contributed by atoms with Gasteiger partial charge in [0.15, 0.2) is 9.84 Å². The van der Waals surface area contributed by atoms with Gasteiger partial charge in [0, 0.05) is 13.1 Å². The molecule has 4 nitrogen and oxygen atoms in total. The minimum Gasteiger partial charge on any atom is -0.342 e. The van der Waals surface area contributed by atoms with E-state index in [-0.39, 0.29) is 16.0 Å². The number of carbonyl (C=O) groups excluding carboxylic acids is 1. The summed E-state index contributed by atoms with van der Waals surface area (Å²) in [6.45, 7) is 2.09. The smallest absolute Gasteiger partial charge is 0.238 e. The summed E-state index contributed by atoms with van der Waals surface area (Å²) in [5.41, 5.74) is 0. The number of hydrogen-bond donors (Lipinski definition) is 0. The largest absolute Gasteiger partial charge is 0.342 e. The summed E-state index contributed by atoms with van der Waals surface area (Å²) in [6, 6.07) is 3.24. The molecular formula is C16H21ClFNO3S. The summed E-state index contributed by atoms with van der Waals surface area (Å²) in [4.78, 5) is 13.8. The molecule has 1 fully saturated rings. The van der Waals surface area contributed by atoms with Crippen molar-refractivity contribution in [1.82, 2.24) is 4.90 Å². The molecule has 0 radical (unpaired) electrons. The highest BCUT2D eigenvalue weighted by Crippen LogP contribution is 2.28. The van der Waals surface area contributed by atoms with E-state index in [9.17, 15) is 17.6 Å². The van der Waals surface area contributed by atoms with Gasteiger partial charge in [0.2, 0.25) is 5.91 Å². The Bertz CT molecular complexity index is 693. The lowest BCUT2D eigenvalue weighted by molar-refractivity contribution is -0.130. The molecule has 1 amide bonds. The molecule has 0 spiro atoms. The van der Waals surface area contributed by atoms with Crippen LogP contribution in [0.4, 0.5) is 4.39 Å². The fourth-order valence-electron chi connectivity index (χ4n) is 3.08. The van der Waals surface area contributed by atoms with E-state index in [2.05, 4.69) is 6.92 Å². The second-order valence-electron chi connectivity index (χ2n) is 6.17. The molecule has 1 saturated carbocycles. The lowest BCUT2D eigenvalue weighted by Gasteiger charge is -2.36. The van der Waals surface area contributed by atoms with E-state index in [4.69, 9.17) is 11.6 Å². The molecule has 1 aliphatic rings. The molecule has 0 aliphatic heterocycles. The number of carbonyl (C=O) groups is 1. The molecule has 2 unspecified atom stereocenters. The van der Waals surface area contributed by atoms with Crippen LogP contribution < -0.4 is 0 Å². The average Bonchev–Trinajstić information content (AvgIpc) is 2.49. The Morgan fingerprint density at radius 2 is 2.00 bits per heavy atom. The van der Waals surface area contributed by atoms with Gasteiger partial charge in [-0.15, -0.1) is 0 Å². The zero-order valence-electron chi connectivity index (χ0n) is 13.3. The van der Waals surface area contributed by atoms with Crippen LogP contribution in [0.15, 0.2) is 23.1 Å². The molecule has 0 bridgehead atoms. The van der Waals surface area contributed by atoms with Crippen LogP contribution >= 0.6 is 11.6 Å². The Morgan fingerprint density at radius 3 is 2.61 bits per heavy atom. The number of nitrogens with zero attached hydrogens (tertiary/aromatic N) is 1. The zero-order valence-corrected chi connectivity index (χ0v) is 14.8. The summed E-state index contributed by atoms with van der Waals surface area (Å²) in [5.74, 6) is -1.40. The minimum absolute atomic E-state index is 0.0725. The van der Waals surface area contributed by atoms with Gasteiger partial charge in [-0.1, -0.05) is 31.4 Å². The maximum absolute atomic E-state index is 13.2. The van der Waals surface area contributed by atoms with E-state index in [0.717, 1.165) is 43.9 Å². The zero-order chi connectivity index (χ0) is 17.2. The summed E-state index contributed by atoms with van der Waals surface area (Å²) in [5, 5.41) is -0.271. The van der Waals surface area contributed by atoms with Crippen molar-refractivity contribution in [1.29, 1.82) is 0 Å². The fraction of sp³-hybridized carbons (Fsp3) is 0.562. The molecule has 1 aliphatic carbocycles. The van der Waals surface area contributed by atoms with E-state index in [0.29, 0.717) is 5.92 Å². The monoisotopic (exact) mass is 361 g/mol. The van der Waals surface area contributed by atoms with Gasteiger partial charge < -0.3 is 4.90 Å². The topological polar surface area (TPSA) is 54.5 Å². The molecule has 0 saturated heterocycles. The molecular weight excluding hydrogens is 341 g/mol. The summed E-state index contributed by atoms with van der Waals surface area (Å²) < 4.78 is 37.9. The van der Waals surface area contributed by atoms with Crippen molar-refractivity contribution in [2.75, 3.05) is 12.8 Å². The van der Waals surface area contributed by atoms with Crippen molar-refractivity contribution in [3.63, 3.8) is 0 Å². The lowest BCUT2D eigenvalue weighted by atomic mass is 9.85. The quantitative estimate of drug-likeness (QED) is 0.773. The van der Waals surface area contributed by atoms with Crippen LogP contribution in [0.5, 0.6) is 0 Å². The highest BCUT2D eigenvalue weighted by molar-refractivity contribution is 7.92. The second-order valence-corrected chi connectivity index (χ2v) is 8.57. The minimum atomic E-state index is -3.84. The van der Waals surface area contributed by atoms with E-state index in [1.165, 1.54) is 0 Å². The van der Waals surface area contributed by atoms with E-state index in [1.54, 1.807) is 11.9 Å². The molecule has 7 heteroatoms. The fourth-order valence-corrected chi connectivity index (χ4v) is 4.59. The van der Waals surface area contributed by atoms with E-state index >= 15 is 0 Å². The first-order valence-electron chi connectivity index (χ1n) is 7.66. The van der Waals surface area contributed by atoms with Gasteiger partial charge in [0.25, 0.3) is 0 Å². The third kappa shape index (κ3) is 4.23. The van der Waals surface area contributed by atoms with Crippen molar-refractivity contribution in [2.24, 2.45) is 5.92 Å². The standard InChI is InChI=1S/C16H21ClFNO3S/c1-11-5-3-4-6-15(11)19(2)16(20)10-23(21,22)12-7-8-14(18)13(17)9-12/h7-9,11,15H,3-6,10H2,1-2H3. The van der Waals surface area contributed by atoms with Gasteiger partial charge in [-0.2, -0.15) is 0 Å². The SMILES string of the molecule is CC1CCCCC1N(C)C(=O)CS(=O)(=O)c1ccc(F)c(Cl)c1. The Hall–Kier alpha value is -1.14. The third-order valence-corrected chi connectivity index (χ3v) is 6.41. The number of amides is 1. The van der Waals surface area contributed by atoms with Crippen LogP contribution in [-0.2, 0) is 14.6 Å². The Kier molecular flexibility index (Phi) is 5.68. The Balaban J connectivity index is 2.12. The summed E-state index contributed by atoms with van der Waals surface area (Å²) in [6.07, 6.45) is 4.13. The van der Waals surface area contributed by atoms with E-state index < -0.39 is 27.3 Å². The Labute approximate surface area is 141 Å². The first-order chi connectivity index (χ1) is 10.7. The number of sulfone groups is 1. The van der Waals surface area contributed by atoms with E-state index in [1.807, 2.05) is 0 Å². The van der Waals surface area contributed by atoms with Gasteiger partial charge in [0.05, 0.1) is 9.92 Å². The van der Waals surface area contributed by atoms with Crippen molar-refractivity contribution in [2.45, 2.75) is 43.5 Å². The van der Waals surface area contributed by atoms with Gasteiger partial charge in [-0.3, -0.25) is 4.79 Å². The number of hydrogen-bond acceptors (Lipinski definition) is 3. The van der Waals surface area contributed by atoms with Crippen LogP contribution in [0.1, 0.15) is 32.6 Å². The normalized spacial score (nSPS) is 21.9. The predicted octanol–water partition coefficient (Wildman–Crippen LogP) is 3.29. The highest BCUT2D eigenvalue weighted by Gasteiger charge is 2.30. The first-order valence-corrected chi connectivity index (χ1v) is 9.69. The van der Waals surface area contributed by atoms with Gasteiger partial charge >= 0.3 is 0 Å². The van der Waals surface area contributed by atoms with Gasteiger partial charge in [0.1, 0.15) is 11.6 Å². The van der Waals surface area contributed by atoms with Crippen molar-refractivity contribution in [3.05, 3.63) is 29.0 Å². The van der Waals surface area contributed by atoms with Gasteiger partial charge in [-0.05, 0) is 37.0 Å². The van der Waals surface area contributed by atoms with Crippen molar-refractivity contribution in [3.8, 4) is 0 Å². The molecule has 2 atom stereocenters. The molecule has 0 heterocycles. The van der Waals surface area contributed by atoms with Crippen molar-refractivity contribution >= 4 is 27.3 Å². The molecule has 23 heavy (non-hydrogen) atoms. The number of halogens is 2.